The first-order valence-corrected chi connectivity index (χ1v) is 7.95. The predicted molar refractivity (Wildman–Crippen MR) is 75.3 cm³/mol. The van der Waals surface area contributed by atoms with E-state index in [1.807, 2.05) is 0 Å². The van der Waals surface area contributed by atoms with Gasteiger partial charge in [-0.3, -0.25) is 0 Å². The first kappa shape index (κ1) is 19.4. The molecule has 7 N–H and O–H groups in total. The van der Waals surface area contributed by atoms with Gasteiger partial charge in [0.05, 0.1) is 13.2 Å². The van der Waals surface area contributed by atoms with Crippen molar-refractivity contribution < 1.29 is 50.0 Å². The van der Waals surface area contributed by atoms with Crippen LogP contribution < -0.4 is 0 Å². The van der Waals surface area contributed by atoms with Gasteiger partial charge < -0.3 is 50.0 Å². The molecule has 2 rings (SSSR count). The van der Waals surface area contributed by atoms with Crippen molar-refractivity contribution in [1.29, 1.82) is 0 Å². The van der Waals surface area contributed by atoms with Crippen LogP contribution in [0.4, 0.5) is 0 Å². The number of halogens is 1. The second-order valence-electron chi connectivity index (χ2n) is 5.49. The Kier molecular flexibility index (Phi) is 6.73. The van der Waals surface area contributed by atoms with Crippen molar-refractivity contribution in [2.75, 3.05) is 13.2 Å². The van der Waals surface area contributed by atoms with Gasteiger partial charge in [-0.15, -0.1) is 0 Å². The summed E-state index contributed by atoms with van der Waals surface area (Å²) in [6.07, 6.45) is -12.7. The molecule has 0 bridgehead atoms. The van der Waals surface area contributed by atoms with Crippen molar-refractivity contribution in [3.05, 3.63) is 0 Å². The molecule has 0 saturated carbocycles. The second kappa shape index (κ2) is 7.97. The Labute approximate surface area is 140 Å². The third kappa shape index (κ3) is 3.85. The van der Waals surface area contributed by atoms with E-state index in [0.717, 1.165) is 0 Å². The van der Waals surface area contributed by atoms with E-state index in [0.29, 0.717) is 0 Å². The van der Waals surface area contributed by atoms with Crippen LogP contribution in [-0.2, 0) is 14.2 Å². The van der Waals surface area contributed by atoms with Gasteiger partial charge in [0, 0.05) is 0 Å². The first-order valence-electron chi connectivity index (χ1n) is 7.04. The highest BCUT2D eigenvalue weighted by Gasteiger charge is 2.49. The third-order valence-electron chi connectivity index (χ3n) is 3.95. The minimum absolute atomic E-state index is 0.548. The summed E-state index contributed by atoms with van der Waals surface area (Å²) in [7, 11) is 0. The van der Waals surface area contributed by atoms with E-state index in [2.05, 4.69) is 15.9 Å². The van der Waals surface area contributed by atoms with Crippen molar-refractivity contribution in [2.24, 2.45) is 0 Å². The number of alkyl halides is 1. The molecular weight excluding hydrogens is 384 g/mol. The van der Waals surface area contributed by atoms with Crippen LogP contribution in [0.3, 0.4) is 0 Å². The molecule has 2 heterocycles. The van der Waals surface area contributed by atoms with Crippen LogP contribution >= 0.6 is 15.9 Å². The summed E-state index contributed by atoms with van der Waals surface area (Å²) in [5, 5.41) is 66.7. The minimum Gasteiger partial charge on any atom is -0.394 e. The molecule has 0 aromatic rings. The summed E-state index contributed by atoms with van der Waals surface area (Å²) in [6, 6.07) is 0. The fraction of sp³-hybridized carbons (Fsp3) is 1.00. The highest BCUT2D eigenvalue weighted by atomic mass is 79.9. The molecule has 0 amide bonds. The van der Waals surface area contributed by atoms with E-state index >= 15 is 0 Å². The molecule has 0 radical (unpaired) electrons. The van der Waals surface area contributed by atoms with Gasteiger partial charge in [-0.05, 0) is 0 Å². The molecule has 136 valence electrons. The van der Waals surface area contributed by atoms with Crippen molar-refractivity contribution >= 4 is 15.9 Å². The predicted octanol–water partition coefficient (Wildman–Crippen LogP) is -3.99. The topological polar surface area (TPSA) is 169 Å². The van der Waals surface area contributed by atoms with E-state index in [4.69, 9.17) is 19.3 Å². The van der Waals surface area contributed by atoms with Gasteiger partial charge in [0.1, 0.15) is 53.8 Å². The molecule has 23 heavy (non-hydrogen) atoms. The van der Waals surface area contributed by atoms with Crippen molar-refractivity contribution in [2.45, 2.75) is 60.1 Å². The summed E-state index contributed by atoms with van der Waals surface area (Å²) in [5.74, 6) is 0. The molecule has 2 saturated heterocycles. The minimum atomic E-state index is -1.67. The zero-order chi connectivity index (χ0) is 17.3. The monoisotopic (exact) mass is 404 g/mol. The lowest BCUT2D eigenvalue weighted by molar-refractivity contribution is -0.337. The summed E-state index contributed by atoms with van der Waals surface area (Å²) in [4.78, 5) is 0. The Morgan fingerprint density at radius 2 is 1.35 bits per heavy atom. The Balaban J connectivity index is 2.11. The highest BCUT2D eigenvalue weighted by Crippen LogP contribution is 2.30. The quantitative estimate of drug-likeness (QED) is 0.229. The first-order chi connectivity index (χ1) is 10.8. The van der Waals surface area contributed by atoms with E-state index in [1.165, 1.54) is 0 Å². The smallest absolute Gasteiger partial charge is 0.187 e. The van der Waals surface area contributed by atoms with Gasteiger partial charge in [0.15, 0.2) is 6.29 Å². The zero-order valence-electron chi connectivity index (χ0n) is 11.9. The number of aliphatic hydroxyl groups excluding tert-OH is 7. The fourth-order valence-electron chi connectivity index (χ4n) is 2.54. The fourth-order valence-corrected chi connectivity index (χ4v) is 3.13. The Bertz CT molecular complexity index is 383. The summed E-state index contributed by atoms with van der Waals surface area (Å²) >= 11 is 2.99. The molecule has 0 aliphatic carbocycles. The number of aliphatic hydroxyl groups is 7. The van der Waals surface area contributed by atoms with Crippen molar-refractivity contribution in [3.8, 4) is 0 Å². The Morgan fingerprint density at radius 3 is 1.91 bits per heavy atom. The number of rotatable bonds is 4. The van der Waals surface area contributed by atoms with E-state index in [1.54, 1.807) is 0 Å². The van der Waals surface area contributed by atoms with Crippen LogP contribution in [-0.4, -0.2) is 109 Å². The van der Waals surface area contributed by atoms with E-state index < -0.39 is 73.3 Å². The molecule has 10 atom stereocenters. The molecule has 0 aromatic heterocycles. The van der Waals surface area contributed by atoms with Crippen molar-refractivity contribution in [3.63, 3.8) is 0 Å². The Hall–Kier alpha value is 0.0800. The molecule has 11 heteroatoms. The molecule has 0 unspecified atom stereocenters. The number of hydrogen-bond donors (Lipinski definition) is 7. The molecule has 2 aliphatic heterocycles. The lowest BCUT2D eigenvalue weighted by Gasteiger charge is -2.45. The van der Waals surface area contributed by atoms with Crippen LogP contribution in [0, 0.1) is 0 Å². The molecule has 0 aromatic carbocycles. The van der Waals surface area contributed by atoms with Gasteiger partial charge in [0.2, 0.25) is 0 Å². The molecule has 2 aliphatic rings. The summed E-state index contributed by atoms with van der Waals surface area (Å²) in [6.45, 7) is -1.18. The van der Waals surface area contributed by atoms with Crippen LogP contribution in [0.1, 0.15) is 0 Å². The lowest BCUT2D eigenvalue weighted by atomic mass is 9.97. The average molecular weight is 405 g/mol. The van der Waals surface area contributed by atoms with Crippen LogP contribution in [0.5, 0.6) is 0 Å². The van der Waals surface area contributed by atoms with Gasteiger partial charge in [0.25, 0.3) is 0 Å². The maximum atomic E-state index is 10.1. The van der Waals surface area contributed by atoms with Crippen LogP contribution in [0.25, 0.3) is 0 Å². The maximum absolute atomic E-state index is 10.1. The van der Waals surface area contributed by atoms with E-state index in [-0.39, 0.29) is 0 Å². The second-order valence-corrected chi connectivity index (χ2v) is 6.39. The largest absolute Gasteiger partial charge is 0.394 e. The SMILES string of the molecule is OC[C@H]1O[C@@H](O[C@H]2[C@H](O)[C@@H](O)[C@@H](Br)O[C@@H]2CO)[C@H](O)[C@@H](O)[C@H]1O. The molecule has 0 spiro atoms. The number of ether oxygens (including phenoxy) is 3. The van der Waals surface area contributed by atoms with Crippen LogP contribution in [0.15, 0.2) is 0 Å². The summed E-state index contributed by atoms with van der Waals surface area (Å²) in [5.41, 5.74) is 0. The van der Waals surface area contributed by atoms with Gasteiger partial charge in [-0.2, -0.15) is 0 Å². The molecule has 10 nitrogen and oxygen atoms in total. The van der Waals surface area contributed by atoms with Crippen LogP contribution in [0.2, 0.25) is 0 Å². The molecule has 2 fully saturated rings. The average Bonchev–Trinajstić information content (AvgIpc) is 2.55. The van der Waals surface area contributed by atoms with E-state index in [9.17, 15) is 30.6 Å². The standard InChI is InChI=1S/C12H21BrO10/c13-11-8(19)7(18)10(4(2-15)21-11)23-12-9(20)6(17)5(16)3(1-14)22-12/h3-12,14-20H,1-2H2/t3-,4-,5+,6+,7-,8-,9-,10-,11+,12+/m1/s1. The zero-order valence-corrected chi connectivity index (χ0v) is 13.5. The van der Waals surface area contributed by atoms with Gasteiger partial charge in [-0.1, -0.05) is 15.9 Å². The highest BCUT2D eigenvalue weighted by molar-refractivity contribution is 9.09. The van der Waals surface area contributed by atoms with Crippen molar-refractivity contribution in [1.82, 2.24) is 0 Å². The Morgan fingerprint density at radius 1 is 0.739 bits per heavy atom. The van der Waals surface area contributed by atoms with Gasteiger partial charge >= 0.3 is 0 Å². The molecular formula is C12H21BrO10. The number of hydrogen-bond acceptors (Lipinski definition) is 10. The lowest BCUT2D eigenvalue weighted by Crippen LogP contribution is -2.63. The third-order valence-corrected chi connectivity index (χ3v) is 4.70. The normalized spacial score (nSPS) is 51.7. The van der Waals surface area contributed by atoms with Gasteiger partial charge in [-0.25, -0.2) is 0 Å². The summed E-state index contributed by atoms with van der Waals surface area (Å²) < 4.78 is 15.8. The maximum Gasteiger partial charge on any atom is 0.187 e.